The van der Waals surface area contributed by atoms with Gasteiger partial charge in [0.25, 0.3) is 10.0 Å². The Balaban J connectivity index is 1.75. The minimum absolute atomic E-state index is 0.0398. The molecule has 0 unspecified atom stereocenters. The molecule has 10 heteroatoms. The Morgan fingerprint density at radius 3 is 2.44 bits per heavy atom. The number of nitrogens with one attached hydrogen (secondary N) is 1. The zero-order chi connectivity index (χ0) is 22.9. The smallest absolute Gasteiger partial charge is 0.265 e. The Kier molecular flexibility index (Phi) is 6.10. The van der Waals surface area contributed by atoms with Gasteiger partial charge in [-0.3, -0.25) is 9.40 Å². The van der Waals surface area contributed by atoms with Gasteiger partial charge >= 0.3 is 0 Å². The first kappa shape index (κ1) is 22.1. The fourth-order valence-electron chi connectivity index (χ4n) is 3.00. The fraction of sp³-hybridized carbons (Fsp3) is 0.0455. The topological polar surface area (TPSA) is 73.2 Å². The zero-order valence-electron chi connectivity index (χ0n) is 16.6. The summed E-state index contributed by atoms with van der Waals surface area (Å²) in [6.45, 7) is 0. The lowest BCUT2D eigenvalue weighted by atomic mass is 10.1. The molecule has 0 amide bonds. The summed E-state index contributed by atoms with van der Waals surface area (Å²) in [5.74, 6) is -0.791. The molecule has 1 N–H and O–H groups in total. The molecule has 1 aromatic heterocycles. The lowest BCUT2D eigenvalue weighted by Crippen LogP contribution is -2.15. The highest BCUT2D eigenvalue weighted by Gasteiger charge is 2.25. The number of ether oxygens (including phenoxy) is 1. The normalized spacial score (nSPS) is 11.4. The van der Waals surface area contributed by atoms with Crippen molar-refractivity contribution in [3.63, 3.8) is 0 Å². The average Bonchev–Trinajstić information content (AvgIpc) is 3.16. The summed E-state index contributed by atoms with van der Waals surface area (Å²) in [6, 6.07) is 17.4. The number of sulfonamides is 1. The van der Waals surface area contributed by atoms with Gasteiger partial charge in [-0.25, -0.2) is 12.8 Å². The van der Waals surface area contributed by atoms with Crippen molar-refractivity contribution in [3.05, 3.63) is 88.8 Å². The molecule has 0 spiro atoms. The summed E-state index contributed by atoms with van der Waals surface area (Å²) in [5, 5.41) is 4.10. The second-order valence-electron chi connectivity index (χ2n) is 6.81. The summed E-state index contributed by atoms with van der Waals surface area (Å²) in [7, 11) is -2.66. The van der Waals surface area contributed by atoms with Crippen molar-refractivity contribution in [2.24, 2.45) is 7.05 Å². The maximum atomic E-state index is 14.5. The van der Waals surface area contributed by atoms with Gasteiger partial charge in [0.2, 0.25) is 5.88 Å². The quantitative estimate of drug-likeness (QED) is 0.352. The summed E-state index contributed by atoms with van der Waals surface area (Å²) in [4.78, 5) is -0.356. The summed E-state index contributed by atoms with van der Waals surface area (Å²) in [6.07, 6.45) is 1.62. The highest BCUT2D eigenvalue weighted by atomic mass is 35.5. The van der Waals surface area contributed by atoms with E-state index in [1.807, 2.05) is 30.3 Å². The molecule has 1 heterocycles. The van der Waals surface area contributed by atoms with Crippen LogP contribution in [0.4, 0.5) is 10.1 Å². The minimum Gasteiger partial charge on any atom is -0.435 e. The van der Waals surface area contributed by atoms with Crippen LogP contribution in [0.25, 0.3) is 11.1 Å². The van der Waals surface area contributed by atoms with Crippen LogP contribution in [0.3, 0.4) is 0 Å². The predicted octanol–water partition coefficient (Wildman–Crippen LogP) is 6.13. The Bertz CT molecular complexity index is 1390. The highest BCUT2D eigenvalue weighted by Crippen LogP contribution is 2.39. The molecule has 0 saturated carbocycles. The molecule has 4 aromatic rings. The van der Waals surface area contributed by atoms with Crippen LogP contribution in [-0.2, 0) is 17.1 Å². The van der Waals surface area contributed by atoms with Crippen molar-refractivity contribution < 1.29 is 17.5 Å². The van der Waals surface area contributed by atoms with Crippen molar-refractivity contribution >= 4 is 38.9 Å². The number of rotatable bonds is 6. The van der Waals surface area contributed by atoms with Crippen molar-refractivity contribution in [1.29, 1.82) is 0 Å². The van der Waals surface area contributed by atoms with Gasteiger partial charge in [-0.2, -0.15) is 0 Å². The van der Waals surface area contributed by atoms with E-state index in [2.05, 4.69) is 9.82 Å². The number of halogens is 3. The van der Waals surface area contributed by atoms with Gasteiger partial charge < -0.3 is 4.74 Å². The number of nitrogens with zero attached hydrogens (tertiary/aromatic N) is 2. The number of aryl methyl sites for hydroxylation is 1. The SMILES string of the molecule is Cn1ccc(Oc2c(Cl)cc(Cl)cc2S(=O)(=O)Nc2cc(-c3ccccc3)ccc2F)n1. The first-order valence-corrected chi connectivity index (χ1v) is 11.5. The van der Waals surface area contributed by atoms with Crippen LogP contribution in [-0.4, -0.2) is 18.2 Å². The van der Waals surface area contributed by atoms with E-state index in [1.54, 1.807) is 19.3 Å². The summed E-state index contributed by atoms with van der Waals surface area (Å²) in [5.41, 5.74) is 1.21. The molecule has 164 valence electrons. The largest absolute Gasteiger partial charge is 0.435 e. The lowest BCUT2D eigenvalue weighted by molar-refractivity contribution is 0.442. The Labute approximate surface area is 194 Å². The maximum Gasteiger partial charge on any atom is 0.265 e. The molecular weight excluding hydrogens is 476 g/mol. The van der Waals surface area contributed by atoms with Crippen molar-refractivity contribution in [1.82, 2.24) is 9.78 Å². The fourth-order valence-corrected chi connectivity index (χ4v) is 4.89. The van der Waals surface area contributed by atoms with E-state index < -0.39 is 15.8 Å². The standard InChI is InChI=1S/C22H16Cl2FN3O3S/c1-28-10-9-21(26-28)31-22-17(24)12-16(23)13-20(22)32(29,30)27-19-11-15(7-8-18(19)25)14-5-3-2-4-6-14/h2-13,27H,1H3. The number of hydrogen-bond donors (Lipinski definition) is 1. The van der Waals surface area contributed by atoms with E-state index in [9.17, 15) is 12.8 Å². The molecule has 4 rings (SSSR count). The van der Waals surface area contributed by atoms with Crippen molar-refractivity contribution in [3.8, 4) is 22.8 Å². The third kappa shape index (κ3) is 4.72. The second-order valence-corrected chi connectivity index (χ2v) is 9.31. The predicted molar refractivity (Wildman–Crippen MR) is 122 cm³/mol. The van der Waals surface area contributed by atoms with Crippen LogP contribution < -0.4 is 9.46 Å². The van der Waals surface area contributed by atoms with E-state index in [4.69, 9.17) is 27.9 Å². The molecule has 3 aromatic carbocycles. The second kappa shape index (κ2) is 8.82. The molecule has 6 nitrogen and oxygen atoms in total. The van der Waals surface area contributed by atoms with Gasteiger partial charge in [0.05, 0.1) is 10.7 Å². The van der Waals surface area contributed by atoms with Crippen LogP contribution in [0.1, 0.15) is 0 Å². The number of benzene rings is 3. The summed E-state index contributed by atoms with van der Waals surface area (Å²) < 4.78 is 50.3. The van der Waals surface area contributed by atoms with Gasteiger partial charge in [-0.1, -0.05) is 59.6 Å². The molecular formula is C22H16Cl2FN3O3S. The van der Waals surface area contributed by atoms with E-state index >= 15 is 0 Å². The first-order chi connectivity index (χ1) is 15.2. The summed E-state index contributed by atoms with van der Waals surface area (Å²) >= 11 is 12.3. The molecule has 0 atom stereocenters. The molecule has 0 fully saturated rings. The van der Waals surface area contributed by atoms with Crippen LogP contribution >= 0.6 is 23.2 Å². The monoisotopic (exact) mass is 491 g/mol. The molecule has 0 aliphatic carbocycles. The third-order valence-electron chi connectivity index (χ3n) is 4.48. The van der Waals surface area contributed by atoms with Crippen molar-refractivity contribution in [2.45, 2.75) is 4.90 Å². The van der Waals surface area contributed by atoms with Gasteiger partial charge in [-0.15, -0.1) is 5.10 Å². The number of hydrogen-bond acceptors (Lipinski definition) is 4. The van der Waals surface area contributed by atoms with Crippen LogP contribution in [0.2, 0.25) is 10.0 Å². The van der Waals surface area contributed by atoms with Gasteiger partial charge in [0.15, 0.2) is 5.75 Å². The molecule has 32 heavy (non-hydrogen) atoms. The molecule has 0 radical (unpaired) electrons. The van der Waals surface area contributed by atoms with Gasteiger partial charge in [0, 0.05) is 24.3 Å². The van der Waals surface area contributed by atoms with Gasteiger partial charge in [-0.05, 0) is 35.4 Å². The highest BCUT2D eigenvalue weighted by molar-refractivity contribution is 7.92. The molecule has 0 bridgehead atoms. The van der Waals surface area contributed by atoms with E-state index in [0.717, 1.165) is 5.56 Å². The van der Waals surface area contributed by atoms with Crippen LogP contribution in [0, 0.1) is 5.82 Å². The molecule has 0 saturated heterocycles. The Hall–Kier alpha value is -3.07. The van der Waals surface area contributed by atoms with Crippen LogP contribution in [0.5, 0.6) is 11.6 Å². The number of aromatic nitrogens is 2. The maximum absolute atomic E-state index is 14.5. The first-order valence-electron chi connectivity index (χ1n) is 9.27. The lowest BCUT2D eigenvalue weighted by Gasteiger charge is -2.15. The third-order valence-corrected chi connectivity index (χ3v) is 6.35. The van der Waals surface area contributed by atoms with Gasteiger partial charge in [0.1, 0.15) is 10.7 Å². The number of anilines is 1. The van der Waals surface area contributed by atoms with E-state index in [0.29, 0.717) is 5.56 Å². The Morgan fingerprint density at radius 2 is 1.75 bits per heavy atom. The van der Waals surface area contributed by atoms with Crippen LogP contribution in [0.15, 0.2) is 77.8 Å². The average molecular weight is 492 g/mol. The molecule has 0 aliphatic rings. The van der Waals surface area contributed by atoms with E-state index in [1.165, 1.54) is 35.0 Å². The Morgan fingerprint density at radius 1 is 1.00 bits per heavy atom. The van der Waals surface area contributed by atoms with Crippen molar-refractivity contribution in [2.75, 3.05) is 4.72 Å². The molecule has 0 aliphatic heterocycles. The van der Waals surface area contributed by atoms with E-state index in [-0.39, 0.29) is 32.3 Å². The zero-order valence-corrected chi connectivity index (χ0v) is 18.9. The minimum atomic E-state index is -4.34.